The van der Waals surface area contributed by atoms with Crippen LogP contribution in [0.15, 0.2) is 67.0 Å². The number of ketones is 1. The zero-order valence-electron chi connectivity index (χ0n) is 20.3. The summed E-state index contributed by atoms with van der Waals surface area (Å²) in [4.78, 5) is 38.7. The number of Topliss-reactive ketones (excluding diaryl/α,β-unsaturated/α-hetero) is 1. The molecule has 3 aromatic carbocycles. The van der Waals surface area contributed by atoms with Gasteiger partial charge in [-0.25, -0.2) is 18.3 Å². The molecule has 4 aromatic rings. The van der Waals surface area contributed by atoms with Gasteiger partial charge in [-0.1, -0.05) is 29.5 Å². The fraction of sp³-hybridized carbons (Fsp3) is 0.115. The van der Waals surface area contributed by atoms with Crippen LogP contribution in [0, 0.1) is 11.6 Å². The Bertz CT molecular complexity index is 1520. The number of carboxylic acid groups (broad SMARTS) is 1. The molecule has 0 saturated heterocycles. The zero-order valence-corrected chi connectivity index (χ0v) is 20.3. The van der Waals surface area contributed by atoms with E-state index in [-0.39, 0.29) is 28.1 Å². The monoisotopic (exact) mass is 520 g/mol. The molecule has 0 unspecified atom stereocenters. The number of benzene rings is 3. The van der Waals surface area contributed by atoms with Crippen molar-refractivity contribution >= 4 is 34.8 Å². The van der Waals surface area contributed by atoms with E-state index in [1.807, 2.05) is 0 Å². The highest BCUT2D eigenvalue weighted by Gasteiger charge is 2.21. The molecule has 1 aromatic heterocycles. The van der Waals surface area contributed by atoms with E-state index in [2.05, 4.69) is 20.9 Å². The van der Waals surface area contributed by atoms with Crippen LogP contribution < -0.4 is 15.5 Å². The molecule has 194 valence electrons. The average Bonchev–Trinajstić information content (AvgIpc) is 3.41. The van der Waals surface area contributed by atoms with E-state index in [9.17, 15) is 28.3 Å². The summed E-state index contributed by atoms with van der Waals surface area (Å²) >= 11 is 0. The molecule has 0 spiro atoms. The molecular formula is C26H22F2N6O4. The summed E-state index contributed by atoms with van der Waals surface area (Å²) in [5, 5.41) is 21.6. The minimum Gasteiger partial charge on any atom is -0.465 e. The largest absolute Gasteiger partial charge is 0.465 e. The number of nitrogens with zero attached hydrogens (tertiary/aromatic N) is 4. The van der Waals surface area contributed by atoms with Crippen LogP contribution in [0.4, 0.5) is 30.6 Å². The first kappa shape index (κ1) is 25.9. The molecule has 38 heavy (non-hydrogen) atoms. The summed E-state index contributed by atoms with van der Waals surface area (Å²) in [6, 6.07) is 12.8. The number of halogens is 2. The Labute approximate surface area is 215 Å². The summed E-state index contributed by atoms with van der Waals surface area (Å²) in [5.74, 6) is -3.41. The number of carbonyl (C=O) groups is 3. The van der Waals surface area contributed by atoms with Crippen molar-refractivity contribution in [2.24, 2.45) is 0 Å². The van der Waals surface area contributed by atoms with Crippen molar-refractivity contribution < 1.29 is 28.3 Å². The van der Waals surface area contributed by atoms with Crippen molar-refractivity contribution in [1.29, 1.82) is 0 Å². The smallest absolute Gasteiger partial charge is 0.409 e. The Morgan fingerprint density at radius 3 is 2.39 bits per heavy atom. The maximum absolute atomic E-state index is 14.7. The van der Waals surface area contributed by atoms with Crippen molar-refractivity contribution in [2.75, 3.05) is 29.6 Å². The van der Waals surface area contributed by atoms with Crippen molar-refractivity contribution in [3.8, 4) is 16.8 Å². The van der Waals surface area contributed by atoms with Crippen molar-refractivity contribution in [3.63, 3.8) is 0 Å². The van der Waals surface area contributed by atoms with Crippen molar-refractivity contribution in [3.05, 3.63) is 84.2 Å². The van der Waals surface area contributed by atoms with E-state index in [0.29, 0.717) is 11.4 Å². The number of amides is 2. The van der Waals surface area contributed by atoms with Gasteiger partial charge in [0.15, 0.2) is 17.4 Å². The molecule has 0 aliphatic heterocycles. The molecule has 0 radical (unpaired) electrons. The molecule has 0 atom stereocenters. The molecular weight excluding hydrogens is 498 g/mol. The molecule has 1 heterocycles. The number of anilines is 3. The van der Waals surface area contributed by atoms with Crippen LogP contribution in [0.1, 0.15) is 16.8 Å². The number of hydrogen-bond donors (Lipinski definition) is 3. The van der Waals surface area contributed by atoms with E-state index in [1.54, 1.807) is 49.5 Å². The average molecular weight is 520 g/mol. The highest BCUT2D eigenvalue weighted by molar-refractivity contribution is 6.12. The summed E-state index contributed by atoms with van der Waals surface area (Å²) in [6.45, 7) is 0. The summed E-state index contributed by atoms with van der Waals surface area (Å²) in [7, 11) is 3.29. The highest BCUT2D eigenvalue weighted by atomic mass is 19.2. The normalized spacial score (nSPS) is 10.6. The number of aromatic nitrogens is 3. The predicted molar refractivity (Wildman–Crippen MR) is 137 cm³/mol. The Morgan fingerprint density at radius 2 is 1.71 bits per heavy atom. The Morgan fingerprint density at radius 1 is 0.974 bits per heavy atom. The van der Waals surface area contributed by atoms with Gasteiger partial charge in [0.25, 0.3) is 0 Å². The third-order valence-corrected chi connectivity index (χ3v) is 5.55. The fourth-order valence-corrected chi connectivity index (χ4v) is 3.82. The van der Waals surface area contributed by atoms with Crippen LogP contribution in [-0.4, -0.2) is 52.0 Å². The van der Waals surface area contributed by atoms with E-state index >= 15 is 0 Å². The van der Waals surface area contributed by atoms with Gasteiger partial charge in [-0.3, -0.25) is 14.9 Å². The number of hydrogen-bond acceptors (Lipinski definition) is 6. The lowest BCUT2D eigenvalue weighted by molar-refractivity contribution is -0.115. The lowest BCUT2D eigenvalue weighted by atomic mass is 10.00. The van der Waals surface area contributed by atoms with Gasteiger partial charge < -0.3 is 15.3 Å². The molecule has 4 rings (SSSR count). The number of carbonyl (C=O) groups excluding carboxylic acids is 2. The lowest BCUT2D eigenvalue weighted by Crippen LogP contribution is -2.20. The second kappa shape index (κ2) is 10.9. The molecule has 0 bridgehead atoms. The summed E-state index contributed by atoms with van der Waals surface area (Å²) < 4.78 is 30.1. The van der Waals surface area contributed by atoms with Crippen molar-refractivity contribution in [1.82, 2.24) is 15.0 Å². The second-order valence-electron chi connectivity index (χ2n) is 8.39. The van der Waals surface area contributed by atoms with Gasteiger partial charge >= 0.3 is 6.09 Å². The quantitative estimate of drug-likeness (QED) is 0.229. The van der Waals surface area contributed by atoms with Gasteiger partial charge in [-0.2, -0.15) is 0 Å². The minimum absolute atomic E-state index is 0.0178. The molecule has 3 N–H and O–H groups in total. The maximum atomic E-state index is 14.7. The SMILES string of the molecule is CN(C)c1cc(NC(=O)O)c(NC(=O)CC(=O)c2cccc(-n3ccnn3)c2)cc1-c1cccc(F)c1F. The number of rotatable bonds is 8. The first-order valence-corrected chi connectivity index (χ1v) is 11.2. The van der Waals surface area contributed by atoms with Crippen LogP contribution in [0.5, 0.6) is 0 Å². The van der Waals surface area contributed by atoms with Gasteiger partial charge in [0, 0.05) is 36.5 Å². The number of nitrogens with one attached hydrogen (secondary N) is 2. The first-order chi connectivity index (χ1) is 18.1. The standard InChI is InChI=1S/C26H22F2N6O4/c1-33(2)22-13-21(31-26(37)38)20(12-18(22)17-7-4-8-19(27)25(17)28)30-24(36)14-23(35)15-5-3-6-16(11-15)34-10-9-29-32-34/h3-13,31H,14H2,1-2H3,(H,30,36)(H,37,38). The molecule has 2 amide bonds. The van der Waals surface area contributed by atoms with E-state index in [1.165, 1.54) is 35.1 Å². The highest BCUT2D eigenvalue weighted by Crippen LogP contribution is 2.39. The molecule has 0 fully saturated rings. The van der Waals surface area contributed by atoms with Crippen molar-refractivity contribution in [2.45, 2.75) is 6.42 Å². The first-order valence-electron chi connectivity index (χ1n) is 11.2. The topological polar surface area (TPSA) is 129 Å². The van der Waals surface area contributed by atoms with Gasteiger partial charge in [-0.05, 0) is 30.3 Å². The molecule has 10 nitrogen and oxygen atoms in total. The maximum Gasteiger partial charge on any atom is 0.409 e. The van der Waals surface area contributed by atoms with E-state index < -0.39 is 35.8 Å². The fourth-order valence-electron chi connectivity index (χ4n) is 3.82. The Kier molecular flexibility index (Phi) is 7.42. The summed E-state index contributed by atoms with van der Waals surface area (Å²) in [6.07, 6.45) is 1.11. The molecule has 0 saturated carbocycles. The van der Waals surface area contributed by atoms with E-state index in [0.717, 1.165) is 6.07 Å². The van der Waals surface area contributed by atoms with Gasteiger partial charge in [0.1, 0.15) is 0 Å². The zero-order chi connectivity index (χ0) is 27.4. The third kappa shape index (κ3) is 5.64. The van der Waals surface area contributed by atoms with Crippen LogP contribution in [0.25, 0.3) is 16.8 Å². The van der Waals surface area contributed by atoms with Gasteiger partial charge in [0.05, 0.1) is 35.9 Å². The van der Waals surface area contributed by atoms with E-state index in [4.69, 9.17) is 0 Å². The van der Waals surface area contributed by atoms with Gasteiger partial charge in [0.2, 0.25) is 5.91 Å². The predicted octanol–water partition coefficient (Wildman–Crippen LogP) is 4.58. The minimum atomic E-state index is -1.41. The van der Waals surface area contributed by atoms with Crippen LogP contribution >= 0.6 is 0 Å². The lowest BCUT2D eigenvalue weighted by Gasteiger charge is -2.22. The van der Waals surface area contributed by atoms with Crippen LogP contribution in [0.3, 0.4) is 0 Å². The Balaban J connectivity index is 1.66. The van der Waals surface area contributed by atoms with Crippen LogP contribution in [0.2, 0.25) is 0 Å². The third-order valence-electron chi connectivity index (χ3n) is 5.55. The van der Waals surface area contributed by atoms with Crippen LogP contribution in [-0.2, 0) is 4.79 Å². The molecule has 12 heteroatoms. The Hall–Kier alpha value is -5.13. The molecule has 0 aliphatic carbocycles. The summed E-state index contributed by atoms with van der Waals surface area (Å²) in [5.41, 5.74) is 1.24. The second-order valence-corrected chi connectivity index (χ2v) is 8.39. The molecule has 0 aliphatic rings. The van der Waals surface area contributed by atoms with Gasteiger partial charge in [-0.15, -0.1) is 5.10 Å².